The Morgan fingerprint density at radius 3 is 2.33 bits per heavy atom. The monoisotopic (exact) mass is 429 g/mol. The van der Waals surface area contributed by atoms with Crippen molar-refractivity contribution < 1.29 is 14.3 Å². The van der Waals surface area contributed by atoms with E-state index in [-0.39, 0.29) is 12.8 Å². The maximum atomic E-state index is 13.4. The highest BCUT2D eigenvalue weighted by Gasteiger charge is 2.47. The van der Waals surface area contributed by atoms with Gasteiger partial charge >= 0.3 is 6.09 Å². The Bertz CT molecular complexity index is 1570. The van der Waals surface area contributed by atoms with Gasteiger partial charge in [-0.1, -0.05) is 48.5 Å². The van der Waals surface area contributed by atoms with E-state index in [0.717, 1.165) is 50.1 Å². The van der Waals surface area contributed by atoms with Gasteiger partial charge in [0.15, 0.2) is 0 Å². The Kier molecular flexibility index (Phi) is 3.54. The van der Waals surface area contributed by atoms with Crippen LogP contribution >= 0.6 is 0 Å². The minimum atomic E-state index is -0.373. The molecular formula is C28H20BNO3. The number of allylic oxidation sites excluding steroid dienone is 1. The molecule has 1 amide bonds. The third-order valence-corrected chi connectivity index (χ3v) is 7.21. The summed E-state index contributed by atoms with van der Waals surface area (Å²) in [5, 5.41) is 1.96. The predicted molar refractivity (Wildman–Crippen MR) is 132 cm³/mol. The van der Waals surface area contributed by atoms with Gasteiger partial charge in [0.1, 0.15) is 17.2 Å². The smallest absolute Gasteiger partial charge is 0.424 e. The first-order valence-corrected chi connectivity index (χ1v) is 11.2. The molecule has 158 valence electrons. The highest BCUT2D eigenvalue weighted by molar-refractivity contribution is 7.02. The van der Waals surface area contributed by atoms with E-state index in [9.17, 15) is 4.79 Å². The lowest BCUT2D eigenvalue weighted by Crippen LogP contribution is -2.55. The summed E-state index contributed by atoms with van der Waals surface area (Å²) in [4.78, 5) is 15.1. The van der Waals surface area contributed by atoms with Crippen molar-refractivity contribution >= 4 is 45.7 Å². The Balaban J connectivity index is 1.68. The summed E-state index contributed by atoms with van der Waals surface area (Å²) in [6, 6.07) is 22.5. The van der Waals surface area contributed by atoms with E-state index in [2.05, 4.69) is 50.2 Å². The number of ether oxygens (including phenoxy) is 2. The molecule has 33 heavy (non-hydrogen) atoms. The average molecular weight is 429 g/mol. The molecule has 0 bridgehead atoms. The molecule has 0 N–H and O–H groups in total. The van der Waals surface area contributed by atoms with E-state index < -0.39 is 0 Å². The summed E-state index contributed by atoms with van der Waals surface area (Å²) < 4.78 is 12.3. The summed E-state index contributed by atoms with van der Waals surface area (Å²) in [6.07, 6.45) is -0.373. The zero-order valence-electron chi connectivity index (χ0n) is 18.6. The molecule has 0 aromatic heterocycles. The summed E-state index contributed by atoms with van der Waals surface area (Å²) in [7, 11) is 0. The SMILES string of the molecule is CC1=C(c2c(C)cccc2C)B2c3ccccc3Oc3cc4cccc5c4c(c32)N1C(=O)O5. The number of aryl methyl sites for hydroxylation is 2. The van der Waals surface area contributed by atoms with E-state index in [4.69, 9.17) is 9.47 Å². The summed E-state index contributed by atoms with van der Waals surface area (Å²) in [6.45, 7) is 6.27. The first-order chi connectivity index (χ1) is 16.0. The first-order valence-electron chi connectivity index (χ1n) is 11.2. The first kappa shape index (κ1) is 18.6. The number of amides is 1. The van der Waals surface area contributed by atoms with Crippen LogP contribution in [0.4, 0.5) is 10.5 Å². The second-order valence-corrected chi connectivity index (χ2v) is 9.03. The van der Waals surface area contributed by atoms with Crippen LogP contribution in [0.15, 0.2) is 72.4 Å². The van der Waals surface area contributed by atoms with Crippen molar-refractivity contribution in [2.45, 2.75) is 20.8 Å². The van der Waals surface area contributed by atoms with E-state index in [1.807, 2.05) is 37.3 Å². The largest absolute Gasteiger partial charge is 0.458 e. The molecule has 0 spiro atoms. The normalized spacial score (nSPS) is 15.4. The van der Waals surface area contributed by atoms with Crippen LogP contribution in [0.2, 0.25) is 0 Å². The van der Waals surface area contributed by atoms with Crippen molar-refractivity contribution in [1.29, 1.82) is 0 Å². The second kappa shape index (κ2) is 6.29. The number of anilines is 1. The van der Waals surface area contributed by atoms with Crippen LogP contribution in [0.3, 0.4) is 0 Å². The lowest BCUT2D eigenvalue weighted by Gasteiger charge is -2.42. The van der Waals surface area contributed by atoms with Crippen molar-refractivity contribution in [2.24, 2.45) is 0 Å². The number of hydrogen-bond acceptors (Lipinski definition) is 3. The molecule has 5 heteroatoms. The molecule has 4 aromatic rings. The van der Waals surface area contributed by atoms with Crippen LogP contribution in [0.1, 0.15) is 23.6 Å². The third-order valence-electron chi connectivity index (χ3n) is 7.21. The molecule has 3 aliphatic rings. The van der Waals surface area contributed by atoms with Crippen LogP contribution in [-0.2, 0) is 0 Å². The van der Waals surface area contributed by atoms with E-state index >= 15 is 0 Å². The van der Waals surface area contributed by atoms with E-state index in [1.165, 1.54) is 16.7 Å². The van der Waals surface area contributed by atoms with Crippen LogP contribution < -0.4 is 25.3 Å². The van der Waals surface area contributed by atoms with Gasteiger partial charge in [-0.05, 0) is 77.4 Å². The highest BCUT2D eigenvalue weighted by atomic mass is 16.6. The fourth-order valence-corrected chi connectivity index (χ4v) is 5.89. The van der Waals surface area contributed by atoms with Crippen molar-refractivity contribution in [2.75, 3.05) is 4.90 Å². The van der Waals surface area contributed by atoms with E-state index in [0.29, 0.717) is 5.75 Å². The van der Waals surface area contributed by atoms with Crippen LogP contribution in [0, 0.1) is 13.8 Å². The lowest BCUT2D eigenvalue weighted by atomic mass is 9.32. The minimum Gasteiger partial charge on any atom is -0.458 e. The van der Waals surface area contributed by atoms with Crippen molar-refractivity contribution in [1.82, 2.24) is 0 Å². The molecule has 0 saturated carbocycles. The Hall–Kier alpha value is -3.99. The van der Waals surface area contributed by atoms with Gasteiger partial charge in [0.25, 0.3) is 6.71 Å². The molecule has 4 nitrogen and oxygen atoms in total. The number of fused-ring (bicyclic) bond motifs is 2. The molecule has 0 aliphatic carbocycles. The Morgan fingerprint density at radius 2 is 1.52 bits per heavy atom. The summed E-state index contributed by atoms with van der Waals surface area (Å²) in [5.41, 5.74) is 8.63. The number of rotatable bonds is 1. The fourth-order valence-electron chi connectivity index (χ4n) is 5.89. The topological polar surface area (TPSA) is 38.8 Å². The Morgan fingerprint density at radius 1 is 0.788 bits per heavy atom. The summed E-state index contributed by atoms with van der Waals surface area (Å²) in [5.74, 6) is 2.27. The van der Waals surface area contributed by atoms with Crippen molar-refractivity contribution in [3.63, 3.8) is 0 Å². The third kappa shape index (κ3) is 2.29. The standard InChI is InChI=1S/C28H20BNO3/c1-15-8-6-9-16(2)23(15)25-17(3)30-27-24-18(10-7-13-21(24)33-28(30)31)14-22-26(27)29(25)19-11-4-5-12-20(19)32-22/h4-14H,1-3H3. The van der Waals surface area contributed by atoms with Gasteiger partial charge in [-0.25, -0.2) is 4.79 Å². The number of carbonyl (C=O) groups excluding carboxylic acids is 1. The maximum Gasteiger partial charge on any atom is 0.424 e. The summed E-state index contributed by atoms with van der Waals surface area (Å²) >= 11 is 0. The molecule has 4 aromatic carbocycles. The number of hydrogen-bond donors (Lipinski definition) is 0. The van der Waals surface area contributed by atoms with Gasteiger partial charge in [0.2, 0.25) is 0 Å². The molecule has 0 saturated heterocycles. The van der Waals surface area contributed by atoms with Gasteiger partial charge in [0.05, 0.1) is 5.69 Å². The van der Waals surface area contributed by atoms with E-state index in [1.54, 1.807) is 4.90 Å². The lowest BCUT2D eigenvalue weighted by molar-refractivity contribution is 0.209. The zero-order chi connectivity index (χ0) is 22.4. The van der Waals surface area contributed by atoms with Gasteiger partial charge < -0.3 is 9.47 Å². The number of nitrogens with zero attached hydrogens (tertiary/aromatic N) is 1. The van der Waals surface area contributed by atoms with Crippen molar-refractivity contribution in [3.05, 3.63) is 89.1 Å². The molecule has 0 radical (unpaired) electrons. The van der Waals surface area contributed by atoms with Crippen LogP contribution in [-0.4, -0.2) is 12.8 Å². The zero-order valence-corrected chi connectivity index (χ0v) is 18.6. The van der Waals surface area contributed by atoms with Crippen LogP contribution in [0.25, 0.3) is 16.2 Å². The molecule has 3 aliphatic heterocycles. The average Bonchev–Trinajstić information content (AvgIpc) is 2.80. The Labute approximate surface area is 192 Å². The minimum absolute atomic E-state index is 0.0423. The highest BCUT2D eigenvalue weighted by Crippen LogP contribution is 2.48. The van der Waals surface area contributed by atoms with Gasteiger partial charge in [-0.3, -0.25) is 4.90 Å². The number of benzene rings is 4. The number of carbonyl (C=O) groups is 1. The maximum absolute atomic E-state index is 13.4. The molecule has 0 atom stereocenters. The molecular weight excluding hydrogens is 409 g/mol. The quantitative estimate of drug-likeness (QED) is 0.377. The molecule has 0 unspecified atom stereocenters. The molecule has 3 heterocycles. The number of para-hydroxylation sites is 1. The van der Waals surface area contributed by atoms with Gasteiger partial charge in [-0.15, -0.1) is 0 Å². The fraction of sp³-hybridized carbons (Fsp3) is 0.107. The van der Waals surface area contributed by atoms with Crippen molar-refractivity contribution in [3.8, 4) is 17.2 Å². The predicted octanol–water partition coefficient (Wildman–Crippen LogP) is 5.47. The second-order valence-electron chi connectivity index (χ2n) is 9.03. The molecule has 7 rings (SSSR count). The van der Waals surface area contributed by atoms with Gasteiger partial charge in [0, 0.05) is 11.1 Å². The van der Waals surface area contributed by atoms with Crippen LogP contribution in [0.5, 0.6) is 17.2 Å². The molecule has 0 fully saturated rings. The van der Waals surface area contributed by atoms with Gasteiger partial charge in [-0.2, -0.15) is 0 Å².